The van der Waals surface area contributed by atoms with Crippen LogP contribution in [0.1, 0.15) is 53.4 Å². The number of nitrogens with one attached hydrogen (secondary N) is 3. The Morgan fingerprint density at radius 2 is 1.36 bits per heavy atom. The highest BCUT2D eigenvalue weighted by molar-refractivity contribution is 5.95. The molecule has 0 fully saturated rings. The number of primary amides is 1. The van der Waals surface area contributed by atoms with E-state index in [1.165, 1.54) is 0 Å². The van der Waals surface area contributed by atoms with Gasteiger partial charge in [0, 0.05) is 6.42 Å². The van der Waals surface area contributed by atoms with E-state index in [-0.39, 0.29) is 18.8 Å². The maximum Gasteiger partial charge on any atom is 0.326 e. The lowest BCUT2D eigenvalue weighted by Gasteiger charge is -2.29. The fraction of sp³-hybridized carbons (Fsp3) is 0.700. The van der Waals surface area contributed by atoms with Gasteiger partial charge < -0.3 is 37.6 Å². The van der Waals surface area contributed by atoms with E-state index < -0.39 is 72.1 Å². The normalized spacial score (nSPS) is 15.5. The Morgan fingerprint density at radius 3 is 1.79 bits per heavy atom. The monoisotopic (exact) mass is 473 g/mol. The van der Waals surface area contributed by atoms with E-state index in [4.69, 9.17) is 16.6 Å². The van der Waals surface area contributed by atoms with Gasteiger partial charge in [0.25, 0.3) is 0 Å². The van der Waals surface area contributed by atoms with Crippen molar-refractivity contribution in [2.24, 2.45) is 23.3 Å². The van der Waals surface area contributed by atoms with Gasteiger partial charge in [-0.05, 0) is 18.3 Å². The van der Waals surface area contributed by atoms with Gasteiger partial charge in [0.1, 0.15) is 18.1 Å². The van der Waals surface area contributed by atoms with Crippen LogP contribution in [-0.4, -0.2) is 69.9 Å². The molecule has 5 unspecified atom stereocenters. The summed E-state index contributed by atoms with van der Waals surface area (Å²) in [6, 6.07) is -5.01. The molecule has 0 aliphatic carbocycles. The van der Waals surface area contributed by atoms with Crippen molar-refractivity contribution >= 4 is 35.6 Å². The van der Waals surface area contributed by atoms with Crippen molar-refractivity contribution in [3.63, 3.8) is 0 Å². The second-order valence-electron chi connectivity index (χ2n) is 8.21. The predicted molar refractivity (Wildman–Crippen MR) is 116 cm³/mol. The molecular formula is C20H35N5O8. The molecule has 0 bridgehead atoms. The second kappa shape index (κ2) is 14.0. The zero-order valence-electron chi connectivity index (χ0n) is 19.3. The Morgan fingerprint density at radius 1 is 0.848 bits per heavy atom. The summed E-state index contributed by atoms with van der Waals surface area (Å²) in [6.45, 7) is 6.71. The molecule has 33 heavy (non-hydrogen) atoms. The van der Waals surface area contributed by atoms with Gasteiger partial charge in [0.05, 0.1) is 12.5 Å². The highest BCUT2D eigenvalue weighted by atomic mass is 16.4. The molecule has 0 aromatic carbocycles. The number of carbonyl (C=O) groups excluding carboxylic acids is 4. The lowest BCUT2D eigenvalue weighted by atomic mass is 9.96. The van der Waals surface area contributed by atoms with Crippen LogP contribution in [-0.2, 0) is 28.8 Å². The third kappa shape index (κ3) is 10.8. The van der Waals surface area contributed by atoms with Gasteiger partial charge >= 0.3 is 11.9 Å². The van der Waals surface area contributed by atoms with Crippen LogP contribution < -0.4 is 27.4 Å². The summed E-state index contributed by atoms with van der Waals surface area (Å²) in [7, 11) is 0. The number of aliphatic carboxylic acids is 2. The Bertz CT molecular complexity index is 742. The number of hydrogen-bond donors (Lipinski definition) is 7. The van der Waals surface area contributed by atoms with Gasteiger partial charge in [-0.2, -0.15) is 0 Å². The summed E-state index contributed by atoms with van der Waals surface area (Å²) < 4.78 is 0. The summed E-state index contributed by atoms with van der Waals surface area (Å²) in [6.07, 6.45) is -0.629. The first-order chi connectivity index (χ1) is 15.2. The second-order valence-corrected chi connectivity index (χ2v) is 8.21. The molecular weight excluding hydrogens is 438 g/mol. The van der Waals surface area contributed by atoms with Gasteiger partial charge in [-0.15, -0.1) is 0 Å². The van der Waals surface area contributed by atoms with Crippen molar-refractivity contribution in [2.45, 2.75) is 77.5 Å². The van der Waals surface area contributed by atoms with Crippen LogP contribution in [0.15, 0.2) is 0 Å². The number of hydrogen-bond acceptors (Lipinski definition) is 7. The minimum Gasteiger partial charge on any atom is -0.481 e. The van der Waals surface area contributed by atoms with Gasteiger partial charge in [-0.3, -0.25) is 24.0 Å². The SMILES string of the molecule is CCC(C)C(NC(=O)C(N)CC(=O)O)C(=O)NC(C(=O)NC(CCC(N)=O)C(=O)O)C(C)C. The third-order valence-corrected chi connectivity index (χ3v) is 5.07. The molecule has 0 rings (SSSR count). The van der Waals surface area contributed by atoms with Crippen molar-refractivity contribution in [1.29, 1.82) is 0 Å². The van der Waals surface area contributed by atoms with E-state index in [0.717, 1.165) is 0 Å². The standard InChI is InChI=1S/C20H35N5O8/c1-5-10(4)16(25-17(29)11(21)8-14(27)28)19(31)24-15(9(2)3)18(30)23-12(20(32)33)6-7-13(22)26/h9-12,15-16H,5-8,21H2,1-4H3,(H2,22,26)(H,23,30)(H,24,31)(H,25,29)(H,27,28)(H,32,33). The molecule has 188 valence electrons. The van der Waals surface area contributed by atoms with Crippen molar-refractivity contribution in [3.05, 3.63) is 0 Å². The van der Waals surface area contributed by atoms with E-state index in [2.05, 4.69) is 16.0 Å². The van der Waals surface area contributed by atoms with Crippen LogP contribution in [0.4, 0.5) is 0 Å². The van der Waals surface area contributed by atoms with E-state index in [1.807, 2.05) is 0 Å². The molecule has 0 spiro atoms. The van der Waals surface area contributed by atoms with Crippen molar-refractivity contribution in [3.8, 4) is 0 Å². The van der Waals surface area contributed by atoms with Crippen LogP contribution in [0.3, 0.4) is 0 Å². The predicted octanol–water partition coefficient (Wildman–Crippen LogP) is -1.70. The van der Waals surface area contributed by atoms with Crippen molar-refractivity contribution < 1.29 is 39.0 Å². The molecule has 4 amide bonds. The Balaban J connectivity index is 5.48. The van der Waals surface area contributed by atoms with Crippen LogP contribution in [0.5, 0.6) is 0 Å². The maximum absolute atomic E-state index is 12.9. The molecule has 0 aliphatic heterocycles. The van der Waals surface area contributed by atoms with E-state index in [9.17, 15) is 33.9 Å². The maximum atomic E-state index is 12.9. The molecule has 0 radical (unpaired) electrons. The van der Waals surface area contributed by atoms with E-state index in [1.54, 1.807) is 27.7 Å². The number of nitrogens with two attached hydrogens (primary N) is 2. The summed E-state index contributed by atoms with van der Waals surface area (Å²) in [4.78, 5) is 71.0. The molecule has 0 saturated heterocycles. The summed E-state index contributed by atoms with van der Waals surface area (Å²) in [5, 5.41) is 25.3. The lowest BCUT2D eigenvalue weighted by molar-refractivity contribution is -0.143. The zero-order valence-corrected chi connectivity index (χ0v) is 19.3. The van der Waals surface area contributed by atoms with Crippen molar-refractivity contribution in [1.82, 2.24) is 16.0 Å². The minimum absolute atomic E-state index is 0.220. The first-order valence-electron chi connectivity index (χ1n) is 10.6. The summed E-state index contributed by atoms with van der Waals surface area (Å²) in [5.41, 5.74) is 10.6. The van der Waals surface area contributed by atoms with E-state index >= 15 is 0 Å². The molecule has 0 heterocycles. The van der Waals surface area contributed by atoms with Gasteiger partial charge in [0.2, 0.25) is 23.6 Å². The van der Waals surface area contributed by atoms with Gasteiger partial charge in [-0.25, -0.2) is 4.79 Å². The molecule has 0 aromatic rings. The van der Waals surface area contributed by atoms with Crippen LogP contribution in [0.2, 0.25) is 0 Å². The average molecular weight is 474 g/mol. The fourth-order valence-corrected chi connectivity index (χ4v) is 2.83. The quantitative estimate of drug-likeness (QED) is 0.143. The Kier molecular flexibility index (Phi) is 12.7. The largest absolute Gasteiger partial charge is 0.481 e. The molecule has 0 saturated carbocycles. The Labute approximate surface area is 192 Å². The Hall–Kier alpha value is -3.22. The lowest BCUT2D eigenvalue weighted by Crippen LogP contribution is -2.59. The summed E-state index contributed by atoms with van der Waals surface area (Å²) >= 11 is 0. The average Bonchev–Trinajstić information content (AvgIpc) is 2.70. The zero-order chi connectivity index (χ0) is 25.9. The number of carboxylic acids is 2. The molecule has 13 nitrogen and oxygen atoms in total. The first kappa shape index (κ1) is 29.8. The molecule has 13 heteroatoms. The number of amides is 4. The van der Waals surface area contributed by atoms with Crippen LogP contribution in [0.25, 0.3) is 0 Å². The highest BCUT2D eigenvalue weighted by Crippen LogP contribution is 2.11. The summed E-state index contributed by atoms with van der Waals surface area (Å²) in [5.74, 6) is -6.53. The van der Waals surface area contributed by atoms with Crippen LogP contribution in [0, 0.1) is 11.8 Å². The number of carboxylic acid groups (broad SMARTS) is 2. The topological polar surface area (TPSA) is 231 Å². The number of carbonyl (C=O) groups is 6. The van der Waals surface area contributed by atoms with Crippen molar-refractivity contribution in [2.75, 3.05) is 0 Å². The minimum atomic E-state index is -1.39. The third-order valence-electron chi connectivity index (χ3n) is 5.07. The highest BCUT2D eigenvalue weighted by Gasteiger charge is 2.34. The first-order valence-corrected chi connectivity index (χ1v) is 10.6. The fourth-order valence-electron chi connectivity index (χ4n) is 2.83. The molecule has 0 aliphatic rings. The van der Waals surface area contributed by atoms with Gasteiger partial charge in [0.15, 0.2) is 0 Å². The molecule has 9 N–H and O–H groups in total. The molecule has 0 aromatic heterocycles. The molecule has 5 atom stereocenters. The van der Waals surface area contributed by atoms with Gasteiger partial charge in [-0.1, -0.05) is 34.1 Å². The number of rotatable bonds is 15. The smallest absolute Gasteiger partial charge is 0.326 e. The van der Waals surface area contributed by atoms with Crippen LogP contribution >= 0.6 is 0 Å². The van der Waals surface area contributed by atoms with E-state index in [0.29, 0.717) is 6.42 Å².